The molecule has 0 bridgehead atoms. The standard InChI is InChI=1S/C21H37NO4SSi/c1-17(19(24)16-20(25)27-15-13-22-18(2)23)12-10-8-9-11-14-26-28(6,7)21(3,4)5/h8,10,12H,9,11,13-16H2,1-7H3,(H,22,23)/b10-8+,17-12+. The molecule has 0 aliphatic rings. The van der Waals surface area contributed by atoms with Crippen LogP contribution in [-0.4, -0.2) is 44.0 Å². The molecule has 28 heavy (non-hydrogen) atoms. The molecule has 0 aromatic heterocycles. The molecule has 0 aromatic carbocycles. The van der Waals surface area contributed by atoms with Gasteiger partial charge in [-0.2, -0.15) is 0 Å². The van der Waals surface area contributed by atoms with E-state index in [1.807, 2.05) is 12.2 Å². The van der Waals surface area contributed by atoms with Crippen molar-refractivity contribution in [2.45, 2.75) is 72.0 Å². The number of hydrogen-bond donors (Lipinski definition) is 1. The van der Waals surface area contributed by atoms with E-state index in [1.165, 1.54) is 6.92 Å². The molecule has 0 aromatic rings. The number of allylic oxidation sites excluding steroid dienone is 4. The molecule has 0 aliphatic carbocycles. The Balaban J connectivity index is 4.11. The topological polar surface area (TPSA) is 72.5 Å². The second-order valence-corrected chi connectivity index (χ2v) is 14.3. The Kier molecular flexibility index (Phi) is 12.6. The first-order valence-corrected chi connectivity index (χ1v) is 13.7. The van der Waals surface area contributed by atoms with Gasteiger partial charge in [0.15, 0.2) is 19.2 Å². The third-order valence-corrected chi connectivity index (χ3v) is 10.2. The van der Waals surface area contributed by atoms with E-state index in [4.69, 9.17) is 4.43 Å². The number of carbonyl (C=O) groups is 3. The highest BCUT2D eigenvalue weighted by Gasteiger charge is 2.36. The van der Waals surface area contributed by atoms with Gasteiger partial charge in [-0.05, 0) is 43.5 Å². The van der Waals surface area contributed by atoms with Crippen molar-refractivity contribution in [1.82, 2.24) is 5.32 Å². The third-order valence-electron chi connectivity index (χ3n) is 4.75. The lowest BCUT2D eigenvalue weighted by atomic mass is 10.1. The Labute approximate surface area is 175 Å². The Morgan fingerprint density at radius 1 is 1.14 bits per heavy atom. The first-order chi connectivity index (χ1) is 12.9. The zero-order valence-corrected chi connectivity index (χ0v) is 20.3. The van der Waals surface area contributed by atoms with E-state index in [1.54, 1.807) is 13.0 Å². The average Bonchev–Trinajstić information content (AvgIpc) is 2.56. The minimum absolute atomic E-state index is 0.110. The monoisotopic (exact) mass is 427 g/mol. The number of thioether (sulfide) groups is 1. The maximum absolute atomic E-state index is 12.0. The predicted octanol–water partition coefficient (Wildman–Crippen LogP) is 4.65. The fraction of sp³-hybridized carbons (Fsp3) is 0.667. The van der Waals surface area contributed by atoms with Crippen LogP contribution in [0.3, 0.4) is 0 Å². The highest BCUT2D eigenvalue weighted by molar-refractivity contribution is 8.13. The van der Waals surface area contributed by atoms with Gasteiger partial charge in [-0.1, -0.05) is 50.8 Å². The first kappa shape index (κ1) is 26.8. The minimum atomic E-state index is -1.68. The number of hydrogen-bond acceptors (Lipinski definition) is 5. The number of amides is 1. The normalized spacial score (nSPS) is 13.0. The molecule has 0 saturated heterocycles. The molecule has 0 aliphatic heterocycles. The Morgan fingerprint density at radius 3 is 2.36 bits per heavy atom. The summed E-state index contributed by atoms with van der Waals surface area (Å²) in [7, 11) is -1.68. The van der Waals surface area contributed by atoms with E-state index in [2.05, 4.69) is 39.2 Å². The predicted molar refractivity (Wildman–Crippen MR) is 121 cm³/mol. The molecule has 0 spiro atoms. The van der Waals surface area contributed by atoms with E-state index >= 15 is 0 Å². The van der Waals surface area contributed by atoms with Crippen LogP contribution in [0.2, 0.25) is 18.1 Å². The summed E-state index contributed by atoms with van der Waals surface area (Å²) < 4.78 is 6.13. The Morgan fingerprint density at radius 2 is 1.79 bits per heavy atom. The van der Waals surface area contributed by atoms with Gasteiger partial charge in [0, 0.05) is 25.8 Å². The molecule has 1 N–H and O–H groups in total. The van der Waals surface area contributed by atoms with E-state index in [-0.39, 0.29) is 28.3 Å². The fourth-order valence-corrected chi connectivity index (χ4v) is 3.61. The molecule has 0 rings (SSSR count). The van der Waals surface area contributed by atoms with Gasteiger partial charge < -0.3 is 9.74 Å². The maximum atomic E-state index is 12.0. The smallest absolute Gasteiger partial charge is 0.216 e. The van der Waals surface area contributed by atoms with Crippen molar-refractivity contribution in [3.05, 3.63) is 23.8 Å². The Hall–Kier alpha value is -1.18. The summed E-state index contributed by atoms with van der Waals surface area (Å²) in [5.74, 6) is 0.190. The van der Waals surface area contributed by atoms with Crippen molar-refractivity contribution in [1.29, 1.82) is 0 Å². The van der Waals surface area contributed by atoms with Crippen LogP contribution < -0.4 is 5.32 Å². The summed E-state index contributed by atoms with van der Waals surface area (Å²) in [5.41, 5.74) is 0.574. The summed E-state index contributed by atoms with van der Waals surface area (Å²) in [6.45, 7) is 15.5. The fourth-order valence-electron chi connectivity index (χ4n) is 1.86. The van der Waals surface area contributed by atoms with Gasteiger partial charge in [-0.3, -0.25) is 14.4 Å². The number of nitrogens with one attached hydrogen (secondary N) is 1. The van der Waals surface area contributed by atoms with Crippen LogP contribution in [-0.2, 0) is 18.8 Å². The lowest BCUT2D eigenvalue weighted by molar-refractivity contribution is -0.121. The van der Waals surface area contributed by atoms with Crippen LogP contribution >= 0.6 is 11.8 Å². The van der Waals surface area contributed by atoms with Crippen molar-refractivity contribution in [2.24, 2.45) is 0 Å². The van der Waals surface area contributed by atoms with E-state index < -0.39 is 8.32 Å². The number of carbonyl (C=O) groups excluding carboxylic acids is 3. The average molecular weight is 428 g/mol. The van der Waals surface area contributed by atoms with Crippen molar-refractivity contribution in [2.75, 3.05) is 18.9 Å². The van der Waals surface area contributed by atoms with E-state index in [0.29, 0.717) is 17.9 Å². The van der Waals surface area contributed by atoms with Crippen LogP contribution in [0.4, 0.5) is 0 Å². The van der Waals surface area contributed by atoms with Crippen LogP contribution in [0.5, 0.6) is 0 Å². The van der Waals surface area contributed by atoms with Gasteiger partial charge in [0.25, 0.3) is 0 Å². The largest absolute Gasteiger partial charge is 0.417 e. The highest BCUT2D eigenvalue weighted by atomic mass is 32.2. The second-order valence-electron chi connectivity index (χ2n) is 8.33. The number of rotatable bonds is 12. The molecule has 7 heteroatoms. The summed E-state index contributed by atoms with van der Waals surface area (Å²) in [5, 5.41) is 2.67. The van der Waals surface area contributed by atoms with Crippen molar-refractivity contribution < 1.29 is 18.8 Å². The zero-order valence-electron chi connectivity index (χ0n) is 18.5. The lowest BCUT2D eigenvalue weighted by Crippen LogP contribution is -2.40. The SMILES string of the molecule is CC(=O)NCCSC(=O)CC(=O)/C(C)=C/C=C/CCCO[Si](C)(C)C(C)(C)C. The van der Waals surface area contributed by atoms with Crippen molar-refractivity contribution in [3.63, 3.8) is 0 Å². The van der Waals surface area contributed by atoms with Crippen LogP contribution in [0.1, 0.15) is 53.9 Å². The molecule has 0 radical (unpaired) electrons. The van der Waals surface area contributed by atoms with Gasteiger partial charge in [-0.15, -0.1) is 0 Å². The third kappa shape index (κ3) is 12.3. The lowest BCUT2D eigenvalue weighted by Gasteiger charge is -2.36. The van der Waals surface area contributed by atoms with Gasteiger partial charge in [0.05, 0.1) is 6.42 Å². The quantitative estimate of drug-likeness (QED) is 0.161. The van der Waals surface area contributed by atoms with Gasteiger partial charge >= 0.3 is 0 Å². The number of Topliss-reactive ketones (excluding diaryl/α,β-unsaturated/α-hetero) is 1. The van der Waals surface area contributed by atoms with Crippen molar-refractivity contribution >= 4 is 36.9 Å². The maximum Gasteiger partial charge on any atom is 0.216 e. The van der Waals surface area contributed by atoms with Gasteiger partial charge in [-0.25, -0.2) is 0 Å². The van der Waals surface area contributed by atoms with E-state index in [0.717, 1.165) is 31.2 Å². The molecular weight excluding hydrogens is 390 g/mol. The molecule has 0 heterocycles. The second kappa shape index (κ2) is 13.1. The minimum Gasteiger partial charge on any atom is -0.417 e. The molecule has 0 unspecified atom stereocenters. The van der Waals surface area contributed by atoms with Crippen LogP contribution in [0.15, 0.2) is 23.8 Å². The summed E-state index contributed by atoms with van der Waals surface area (Å²) in [6, 6.07) is 0. The molecule has 160 valence electrons. The summed E-state index contributed by atoms with van der Waals surface area (Å²) in [6.07, 6.45) is 7.38. The van der Waals surface area contributed by atoms with Crippen LogP contribution in [0, 0.1) is 0 Å². The van der Waals surface area contributed by atoms with Crippen LogP contribution in [0.25, 0.3) is 0 Å². The first-order valence-electron chi connectivity index (χ1n) is 9.77. The summed E-state index contributed by atoms with van der Waals surface area (Å²) >= 11 is 1.07. The highest BCUT2D eigenvalue weighted by Crippen LogP contribution is 2.36. The number of unbranched alkanes of at least 4 members (excludes halogenated alkanes) is 1. The number of ketones is 1. The molecule has 0 saturated carbocycles. The molecule has 0 fully saturated rings. The van der Waals surface area contributed by atoms with Gasteiger partial charge in [0.2, 0.25) is 5.91 Å². The Bertz CT molecular complexity index is 592. The molecule has 1 amide bonds. The molecule has 5 nitrogen and oxygen atoms in total. The van der Waals surface area contributed by atoms with E-state index in [9.17, 15) is 14.4 Å². The molecular formula is C21H37NO4SSi. The van der Waals surface area contributed by atoms with Crippen molar-refractivity contribution in [3.8, 4) is 0 Å². The summed E-state index contributed by atoms with van der Waals surface area (Å²) in [4.78, 5) is 34.6. The van der Waals surface area contributed by atoms with Gasteiger partial charge in [0.1, 0.15) is 0 Å². The molecule has 0 atom stereocenters. The zero-order chi connectivity index (χ0) is 21.8.